The van der Waals surface area contributed by atoms with E-state index in [0.717, 1.165) is 40.1 Å². The maximum absolute atomic E-state index is 12.6. The number of benzene rings is 1. The minimum Gasteiger partial charge on any atom is -0.444 e. The van der Waals surface area contributed by atoms with Crippen LogP contribution in [-0.2, 0) is 11.8 Å². The van der Waals surface area contributed by atoms with E-state index in [9.17, 15) is 4.79 Å². The van der Waals surface area contributed by atoms with Gasteiger partial charge in [-0.25, -0.2) is 9.78 Å². The number of rotatable bonds is 2. The highest BCUT2D eigenvalue weighted by atomic mass is 79.9. The summed E-state index contributed by atoms with van der Waals surface area (Å²) in [7, 11) is 2.02. The Hall–Kier alpha value is -1.82. The zero-order valence-electron chi connectivity index (χ0n) is 16.0. The Morgan fingerprint density at radius 2 is 1.92 bits per heavy atom. The lowest BCUT2D eigenvalue weighted by molar-refractivity contribution is 0.0216. The van der Waals surface area contributed by atoms with E-state index >= 15 is 0 Å². The van der Waals surface area contributed by atoms with Gasteiger partial charge < -0.3 is 9.30 Å². The van der Waals surface area contributed by atoms with E-state index in [1.54, 1.807) is 0 Å². The molecule has 1 amide bonds. The summed E-state index contributed by atoms with van der Waals surface area (Å²) >= 11 is 3.47. The number of carbonyl (C=O) groups excluding carboxylic acids is 1. The number of ether oxygens (including phenoxy) is 1. The molecule has 1 unspecified atom stereocenters. The van der Waals surface area contributed by atoms with Crippen LogP contribution in [0.5, 0.6) is 0 Å². The molecule has 0 bridgehead atoms. The summed E-state index contributed by atoms with van der Waals surface area (Å²) in [5, 5.41) is 0. The lowest BCUT2D eigenvalue weighted by Gasteiger charge is -2.28. The second-order valence-electron chi connectivity index (χ2n) is 7.80. The highest BCUT2D eigenvalue weighted by Gasteiger charge is 2.36. The number of halogens is 1. The first kappa shape index (κ1) is 19.0. The molecule has 140 valence electrons. The molecule has 1 aliphatic heterocycles. The average molecular weight is 420 g/mol. The van der Waals surface area contributed by atoms with Crippen LogP contribution in [0.15, 0.2) is 28.7 Å². The van der Waals surface area contributed by atoms with Crippen molar-refractivity contribution in [2.75, 3.05) is 6.54 Å². The number of nitrogens with zero attached hydrogens (tertiary/aromatic N) is 3. The second-order valence-corrected chi connectivity index (χ2v) is 8.72. The number of amides is 1. The van der Waals surface area contributed by atoms with Crippen molar-refractivity contribution in [1.82, 2.24) is 14.5 Å². The number of hydrogen-bond donors (Lipinski definition) is 0. The molecule has 3 rings (SSSR count). The Kier molecular flexibility index (Phi) is 5.15. The van der Waals surface area contributed by atoms with Gasteiger partial charge in [0.25, 0.3) is 0 Å². The van der Waals surface area contributed by atoms with Crippen LogP contribution in [0.4, 0.5) is 4.79 Å². The molecule has 0 aliphatic carbocycles. The van der Waals surface area contributed by atoms with E-state index in [-0.39, 0.29) is 12.1 Å². The molecule has 2 heterocycles. The molecule has 1 atom stereocenters. The predicted molar refractivity (Wildman–Crippen MR) is 106 cm³/mol. The zero-order chi connectivity index (χ0) is 19.1. The first-order chi connectivity index (χ1) is 12.2. The molecule has 0 spiro atoms. The highest BCUT2D eigenvalue weighted by molar-refractivity contribution is 9.10. The number of likely N-dealkylation sites (tertiary alicyclic amines) is 1. The molecular weight excluding hydrogens is 394 g/mol. The molecule has 1 saturated heterocycles. The standard InChI is InChI=1S/C20H26BrN3O2/c1-13-17(14-8-10-15(21)11-9-14)22-18(23(13)5)16-7-6-12-24(16)19(25)26-20(2,3)4/h8-11,16H,6-7,12H2,1-5H3. The monoisotopic (exact) mass is 419 g/mol. The van der Waals surface area contributed by atoms with Crippen LogP contribution in [0, 0.1) is 6.92 Å². The van der Waals surface area contributed by atoms with Gasteiger partial charge in [0.1, 0.15) is 11.4 Å². The molecule has 1 aromatic heterocycles. The van der Waals surface area contributed by atoms with Crippen LogP contribution >= 0.6 is 15.9 Å². The molecule has 0 radical (unpaired) electrons. The third-order valence-corrected chi connectivity index (χ3v) is 5.24. The molecule has 0 saturated carbocycles. The van der Waals surface area contributed by atoms with Gasteiger partial charge in [-0.1, -0.05) is 28.1 Å². The Labute approximate surface area is 163 Å². The summed E-state index contributed by atoms with van der Waals surface area (Å²) in [5.41, 5.74) is 2.64. The zero-order valence-corrected chi connectivity index (χ0v) is 17.6. The number of carbonyl (C=O) groups is 1. The summed E-state index contributed by atoms with van der Waals surface area (Å²) < 4.78 is 8.74. The Bertz CT molecular complexity index is 806. The summed E-state index contributed by atoms with van der Waals surface area (Å²) in [5.74, 6) is 0.920. The molecule has 6 heteroatoms. The Balaban J connectivity index is 1.92. The molecular formula is C20H26BrN3O2. The molecule has 1 fully saturated rings. The van der Waals surface area contributed by atoms with Crippen LogP contribution in [-0.4, -0.2) is 32.7 Å². The maximum atomic E-state index is 12.6. The van der Waals surface area contributed by atoms with Crippen molar-refractivity contribution in [3.63, 3.8) is 0 Å². The summed E-state index contributed by atoms with van der Waals surface area (Å²) in [6.45, 7) is 8.46. The van der Waals surface area contributed by atoms with Gasteiger partial charge in [-0.2, -0.15) is 0 Å². The van der Waals surface area contributed by atoms with Crippen molar-refractivity contribution in [3.8, 4) is 11.3 Å². The fourth-order valence-electron chi connectivity index (χ4n) is 3.35. The first-order valence-electron chi connectivity index (χ1n) is 8.96. The normalized spacial score (nSPS) is 17.6. The second kappa shape index (κ2) is 7.06. The average Bonchev–Trinajstić information content (AvgIpc) is 3.13. The molecule has 26 heavy (non-hydrogen) atoms. The fraction of sp³-hybridized carbons (Fsp3) is 0.500. The van der Waals surface area contributed by atoms with Gasteiger partial charge >= 0.3 is 6.09 Å². The smallest absolute Gasteiger partial charge is 0.410 e. The van der Waals surface area contributed by atoms with Crippen molar-refractivity contribution < 1.29 is 9.53 Å². The van der Waals surface area contributed by atoms with Crippen molar-refractivity contribution in [3.05, 3.63) is 40.3 Å². The van der Waals surface area contributed by atoms with E-state index < -0.39 is 5.60 Å². The van der Waals surface area contributed by atoms with E-state index in [1.807, 2.05) is 44.9 Å². The largest absolute Gasteiger partial charge is 0.444 e. The summed E-state index contributed by atoms with van der Waals surface area (Å²) in [6, 6.07) is 8.11. The van der Waals surface area contributed by atoms with Crippen LogP contribution in [0.2, 0.25) is 0 Å². The van der Waals surface area contributed by atoms with Crippen molar-refractivity contribution in [1.29, 1.82) is 0 Å². The number of hydrogen-bond acceptors (Lipinski definition) is 3. The summed E-state index contributed by atoms with van der Waals surface area (Å²) in [6.07, 6.45) is 1.61. The molecule has 0 N–H and O–H groups in total. The van der Waals surface area contributed by atoms with Gasteiger partial charge in [0, 0.05) is 29.3 Å². The SMILES string of the molecule is Cc1c(-c2ccc(Br)cc2)nc(C2CCCN2C(=O)OC(C)(C)C)n1C. The third-order valence-electron chi connectivity index (χ3n) is 4.71. The van der Waals surface area contributed by atoms with E-state index in [4.69, 9.17) is 9.72 Å². The number of aromatic nitrogens is 2. The quantitative estimate of drug-likeness (QED) is 0.669. The predicted octanol–water partition coefficient (Wildman–Crippen LogP) is 5.23. The molecule has 2 aromatic rings. The maximum Gasteiger partial charge on any atom is 0.410 e. The lowest BCUT2D eigenvalue weighted by Crippen LogP contribution is -2.37. The Morgan fingerprint density at radius 3 is 2.54 bits per heavy atom. The number of imidazole rings is 1. The minimum atomic E-state index is -0.496. The van der Waals surface area contributed by atoms with Crippen molar-refractivity contribution >= 4 is 22.0 Å². The minimum absolute atomic E-state index is 0.0438. The van der Waals surface area contributed by atoms with E-state index in [2.05, 4.69) is 39.6 Å². The molecule has 1 aliphatic rings. The van der Waals surface area contributed by atoms with E-state index in [0.29, 0.717) is 6.54 Å². The summed E-state index contributed by atoms with van der Waals surface area (Å²) in [4.78, 5) is 19.4. The van der Waals surface area contributed by atoms with Crippen LogP contribution in [0.1, 0.15) is 51.2 Å². The van der Waals surface area contributed by atoms with Gasteiger partial charge in [0.15, 0.2) is 0 Å². The van der Waals surface area contributed by atoms with Crippen LogP contribution in [0.25, 0.3) is 11.3 Å². The molecule has 1 aromatic carbocycles. The van der Waals surface area contributed by atoms with Gasteiger partial charge in [-0.3, -0.25) is 4.90 Å². The topological polar surface area (TPSA) is 47.4 Å². The van der Waals surface area contributed by atoms with Gasteiger partial charge in [-0.15, -0.1) is 0 Å². The van der Waals surface area contributed by atoms with Gasteiger partial charge in [0.2, 0.25) is 0 Å². The Morgan fingerprint density at radius 1 is 1.27 bits per heavy atom. The third kappa shape index (κ3) is 3.80. The lowest BCUT2D eigenvalue weighted by atomic mass is 10.1. The van der Waals surface area contributed by atoms with Crippen LogP contribution in [0.3, 0.4) is 0 Å². The van der Waals surface area contributed by atoms with Gasteiger partial charge in [-0.05, 0) is 52.7 Å². The van der Waals surface area contributed by atoms with Crippen molar-refractivity contribution in [2.24, 2.45) is 7.05 Å². The van der Waals surface area contributed by atoms with Gasteiger partial charge in [0.05, 0.1) is 11.7 Å². The van der Waals surface area contributed by atoms with Crippen LogP contribution < -0.4 is 0 Å². The van der Waals surface area contributed by atoms with Crippen molar-refractivity contribution in [2.45, 2.75) is 52.2 Å². The fourth-order valence-corrected chi connectivity index (χ4v) is 3.62. The molecule has 5 nitrogen and oxygen atoms in total. The van der Waals surface area contributed by atoms with E-state index in [1.165, 1.54) is 0 Å². The first-order valence-corrected chi connectivity index (χ1v) is 9.75. The highest BCUT2D eigenvalue weighted by Crippen LogP contribution is 2.35.